The quantitative estimate of drug-likeness (QED) is 0.697. The molecule has 0 radical (unpaired) electrons. The lowest BCUT2D eigenvalue weighted by Crippen LogP contribution is -2.23. The van der Waals surface area contributed by atoms with E-state index < -0.39 is 0 Å². The molecule has 0 amide bonds. The molecule has 0 saturated carbocycles. The second-order valence-electron chi connectivity index (χ2n) is 3.27. The monoisotopic (exact) mass is 183 g/mol. The van der Waals surface area contributed by atoms with Gasteiger partial charge in [0.15, 0.2) is 0 Å². The fourth-order valence-electron chi connectivity index (χ4n) is 1.63. The molecule has 6 nitrogen and oxygen atoms in total. The van der Waals surface area contributed by atoms with Crippen LogP contribution >= 0.6 is 0 Å². The molecule has 0 aromatic carbocycles. The van der Waals surface area contributed by atoms with Crippen LogP contribution in [0.15, 0.2) is 0 Å². The SMILES string of the molecule is CC(C1CCCO1)n1nnnc1N. The predicted octanol–water partition coefficient (Wildman–Crippen LogP) is -0.00470. The van der Waals surface area contributed by atoms with Crippen molar-refractivity contribution in [1.29, 1.82) is 0 Å². The van der Waals surface area contributed by atoms with E-state index in [2.05, 4.69) is 15.5 Å². The van der Waals surface area contributed by atoms with Crippen LogP contribution in [0.2, 0.25) is 0 Å². The fraction of sp³-hybridized carbons (Fsp3) is 0.857. The minimum absolute atomic E-state index is 0.123. The van der Waals surface area contributed by atoms with Crippen molar-refractivity contribution in [3.63, 3.8) is 0 Å². The van der Waals surface area contributed by atoms with Gasteiger partial charge in [0.2, 0.25) is 5.95 Å². The van der Waals surface area contributed by atoms with Gasteiger partial charge in [-0.2, -0.15) is 0 Å². The molecule has 1 aliphatic heterocycles. The Morgan fingerprint density at radius 2 is 2.54 bits per heavy atom. The number of nitrogens with zero attached hydrogens (tertiary/aromatic N) is 4. The average Bonchev–Trinajstić information content (AvgIpc) is 2.72. The topological polar surface area (TPSA) is 78.8 Å². The van der Waals surface area contributed by atoms with Gasteiger partial charge >= 0.3 is 0 Å². The number of anilines is 1. The van der Waals surface area contributed by atoms with Gasteiger partial charge in [0.1, 0.15) is 0 Å². The van der Waals surface area contributed by atoms with Gasteiger partial charge in [-0.05, 0) is 30.2 Å². The number of rotatable bonds is 2. The molecular weight excluding hydrogens is 170 g/mol. The summed E-state index contributed by atoms with van der Waals surface area (Å²) in [5.41, 5.74) is 5.58. The van der Waals surface area contributed by atoms with Crippen LogP contribution in [0.5, 0.6) is 0 Å². The first-order valence-corrected chi connectivity index (χ1v) is 4.44. The molecule has 2 unspecified atom stereocenters. The highest BCUT2D eigenvalue weighted by molar-refractivity contribution is 5.11. The molecule has 1 saturated heterocycles. The summed E-state index contributed by atoms with van der Waals surface area (Å²) >= 11 is 0. The molecule has 0 aliphatic carbocycles. The lowest BCUT2D eigenvalue weighted by Gasteiger charge is -2.18. The van der Waals surface area contributed by atoms with Crippen LogP contribution in [0.3, 0.4) is 0 Å². The van der Waals surface area contributed by atoms with Crippen LogP contribution < -0.4 is 5.73 Å². The first-order chi connectivity index (χ1) is 6.29. The van der Waals surface area contributed by atoms with Crippen molar-refractivity contribution in [1.82, 2.24) is 20.2 Å². The van der Waals surface area contributed by atoms with Gasteiger partial charge in [0.05, 0.1) is 12.1 Å². The van der Waals surface area contributed by atoms with E-state index in [0.717, 1.165) is 19.4 Å². The minimum atomic E-state index is 0.123. The van der Waals surface area contributed by atoms with E-state index in [4.69, 9.17) is 10.5 Å². The molecule has 1 aromatic heterocycles. The Morgan fingerprint density at radius 3 is 3.08 bits per heavy atom. The summed E-state index contributed by atoms with van der Waals surface area (Å²) in [4.78, 5) is 0. The van der Waals surface area contributed by atoms with Crippen molar-refractivity contribution in [2.45, 2.75) is 31.9 Å². The third-order valence-corrected chi connectivity index (χ3v) is 2.41. The summed E-state index contributed by atoms with van der Waals surface area (Å²) in [7, 11) is 0. The van der Waals surface area contributed by atoms with Crippen LogP contribution in [-0.2, 0) is 4.74 Å². The number of nitrogen functional groups attached to an aromatic ring is 1. The Bertz CT molecular complexity index is 280. The maximum absolute atomic E-state index is 5.58. The number of ether oxygens (including phenoxy) is 1. The van der Waals surface area contributed by atoms with Gasteiger partial charge in [-0.3, -0.25) is 0 Å². The maximum Gasteiger partial charge on any atom is 0.240 e. The number of nitrogens with two attached hydrogens (primary N) is 1. The van der Waals surface area contributed by atoms with Crippen LogP contribution in [-0.4, -0.2) is 32.9 Å². The third-order valence-electron chi connectivity index (χ3n) is 2.41. The van der Waals surface area contributed by atoms with Gasteiger partial charge in [-0.25, -0.2) is 4.68 Å². The van der Waals surface area contributed by atoms with Crippen molar-refractivity contribution in [2.24, 2.45) is 0 Å². The van der Waals surface area contributed by atoms with Crippen LogP contribution in [0.4, 0.5) is 5.95 Å². The molecule has 2 atom stereocenters. The Labute approximate surface area is 76.1 Å². The van der Waals surface area contributed by atoms with E-state index in [1.165, 1.54) is 0 Å². The second-order valence-corrected chi connectivity index (χ2v) is 3.27. The number of hydrogen-bond acceptors (Lipinski definition) is 5. The highest BCUT2D eigenvalue weighted by Crippen LogP contribution is 2.24. The zero-order valence-electron chi connectivity index (χ0n) is 7.55. The Morgan fingerprint density at radius 1 is 1.69 bits per heavy atom. The summed E-state index contributed by atoms with van der Waals surface area (Å²) in [6, 6.07) is 0.123. The summed E-state index contributed by atoms with van der Waals surface area (Å²) in [6.07, 6.45) is 2.36. The highest BCUT2D eigenvalue weighted by Gasteiger charge is 2.25. The van der Waals surface area contributed by atoms with Crippen molar-refractivity contribution in [2.75, 3.05) is 12.3 Å². The van der Waals surface area contributed by atoms with E-state index in [0.29, 0.717) is 5.95 Å². The Kier molecular flexibility index (Phi) is 2.13. The zero-order chi connectivity index (χ0) is 9.26. The fourth-order valence-corrected chi connectivity index (χ4v) is 1.63. The van der Waals surface area contributed by atoms with Crippen LogP contribution in [0, 0.1) is 0 Å². The minimum Gasteiger partial charge on any atom is -0.376 e. The molecule has 1 aromatic rings. The van der Waals surface area contributed by atoms with Crippen molar-refractivity contribution >= 4 is 5.95 Å². The lowest BCUT2D eigenvalue weighted by atomic mass is 10.1. The third kappa shape index (κ3) is 1.49. The summed E-state index contributed by atoms with van der Waals surface area (Å²) in [6.45, 7) is 2.85. The van der Waals surface area contributed by atoms with Crippen molar-refractivity contribution < 1.29 is 4.74 Å². The van der Waals surface area contributed by atoms with E-state index in [9.17, 15) is 0 Å². The van der Waals surface area contributed by atoms with E-state index in [1.54, 1.807) is 4.68 Å². The standard InChI is InChI=1S/C7H13N5O/c1-5(6-3-2-4-13-6)12-7(8)9-10-11-12/h5-6H,2-4H2,1H3,(H2,8,9,11). The van der Waals surface area contributed by atoms with E-state index in [1.807, 2.05) is 6.92 Å². The van der Waals surface area contributed by atoms with Gasteiger partial charge in [-0.1, -0.05) is 5.10 Å². The summed E-state index contributed by atoms with van der Waals surface area (Å²) in [5.74, 6) is 0.350. The van der Waals surface area contributed by atoms with Gasteiger partial charge < -0.3 is 10.5 Å². The van der Waals surface area contributed by atoms with Gasteiger partial charge in [-0.15, -0.1) is 0 Å². The maximum atomic E-state index is 5.58. The first-order valence-electron chi connectivity index (χ1n) is 4.44. The zero-order valence-corrected chi connectivity index (χ0v) is 7.55. The predicted molar refractivity (Wildman–Crippen MR) is 45.9 cm³/mol. The molecular formula is C7H13N5O. The van der Waals surface area contributed by atoms with Crippen LogP contribution in [0.1, 0.15) is 25.8 Å². The highest BCUT2D eigenvalue weighted by atomic mass is 16.5. The molecule has 2 N–H and O–H groups in total. The molecule has 0 bridgehead atoms. The number of tetrazole rings is 1. The summed E-state index contributed by atoms with van der Waals surface area (Å²) in [5, 5.41) is 10.9. The molecule has 6 heteroatoms. The largest absolute Gasteiger partial charge is 0.376 e. The number of aromatic nitrogens is 4. The first kappa shape index (κ1) is 8.43. The van der Waals surface area contributed by atoms with Crippen molar-refractivity contribution in [3.05, 3.63) is 0 Å². The van der Waals surface area contributed by atoms with E-state index >= 15 is 0 Å². The molecule has 2 rings (SSSR count). The van der Waals surface area contributed by atoms with E-state index in [-0.39, 0.29) is 12.1 Å². The lowest BCUT2D eigenvalue weighted by molar-refractivity contribution is 0.0692. The number of hydrogen-bond donors (Lipinski definition) is 1. The van der Waals surface area contributed by atoms with Gasteiger partial charge in [0.25, 0.3) is 0 Å². The normalized spacial score (nSPS) is 24.8. The molecule has 0 spiro atoms. The van der Waals surface area contributed by atoms with Crippen molar-refractivity contribution in [3.8, 4) is 0 Å². The molecule has 2 heterocycles. The van der Waals surface area contributed by atoms with Crippen LogP contribution in [0.25, 0.3) is 0 Å². The smallest absolute Gasteiger partial charge is 0.240 e. The average molecular weight is 183 g/mol. The Hall–Kier alpha value is -1.17. The summed E-state index contributed by atoms with van der Waals surface area (Å²) < 4.78 is 7.13. The van der Waals surface area contributed by atoms with Gasteiger partial charge in [0, 0.05) is 6.61 Å². The molecule has 13 heavy (non-hydrogen) atoms. The molecule has 1 aliphatic rings. The Balaban J connectivity index is 2.12. The molecule has 1 fully saturated rings. The second kappa shape index (κ2) is 3.29. The molecule has 72 valence electrons.